The van der Waals surface area contributed by atoms with Crippen LogP contribution in [0.15, 0.2) is 30.9 Å². The third kappa shape index (κ3) is 1.77. The minimum atomic E-state index is -0.119. The summed E-state index contributed by atoms with van der Waals surface area (Å²) in [7, 11) is 0. The fourth-order valence-electron chi connectivity index (χ4n) is 1.71. The molecule has 0 saturated carbocycles. The van der Waals surface area contributed by atoms with Crippen molar-refractivity contribution in [2.45, 2.75) is 0 Å². The molecule has 0 spiro atoms. The second-order valence-electron chi connectivity index (χ2n) is 3.62. The van der Waals surface area contributed by atoms with Crippen LogP contribution in [0.2, 0.25) is 10.0 Å². The molecule has 0 fully saturated rings. The highest BCUT2D eigenvalue weighted by Gasteiger charge is 2.10. The molecule has 0 saturated heterocycles. The van der Waals surface area contributed by atoms with Gasteiger partial charge in [-0.3, -0.25) is 0 Å². The smallest absolute Gasteiger partial charge is 0.213 e. The maximum Gasteiger partial charge on any atom is 0.213 e. The van der Waals surface area contributed by atoms with Crippen molar-refractivity contribution in [1.82, 2.24) is 19.7 Å². The molecule has 3 rings (SSSR count). The van der Waals surface area contributed by atoms with Gasteiger partial charge in [0.25, 0.3) is 0 Å². The van der Waals surface area contributed by atoms with Gasteiger partial charge >= 0.3 is 0 Å². The third-order valence-corrected chi connectivity index (χ3v) is 3.20. The zero-order valence-corrected chi connectivity index (χ0v) is 10.4. The molecule has 2 heterocycles. The normalized spacial score (nSPS) is 11.0. The molecule has 1 aromatic carbocycles. The van der Waals surface area contributed by atoms with E-state index in [2.05, 4.69) is 15.1 Å². The van der Waals surface area contributed by atoms with Gasteiger partial charge in [-0.25, -0.2) is 14.6 Å². The van der Waals surface area contributed by atoms with E-state index in [1.54, 1.807) is 12.1 Å². The molecular formula is C11H6Cl2N4O. The maximum absolute atomic E-state index is 9.62. The van der Waals surface area contributed by atoms with Gasteiger partial charge in [0, 0.05) is 11.5 Å². The van der Waals surface area contributed by atoms with Crippen molar-refractivity contribution in [3.63, 3.8) is 0 Å². The molecule has 18 heavy (non-hydrogen) atoms. The Labute approximate surface area is 112 Å². The zero-order chi connectivity index (χ0) is 12.7. The predicted molar refractivity (Wildman–Crippen MR) is 68.3 cm³/mol. The van der Waals surface area contributed by atoms with Gasteiger partial charge in [0.1, 0.15) is 12.7 Å². The fourth-order valence-corrected chi connectivity index (χ4v) is 2.03. The Kier molecular flexibility index (Phi) is 2.57. The van der Waals surface area contributed by atoms with Crippen LogP contribution >= 0.6 is 23.2 Å². The first kappa shape index (κ1) is 11.3. The fraction of sp³-hybridized carbons (Fsp3) is 0. The second-order valence-corrected chi connectivity index (χ2v) is 4.44. The van der Waals surface area contributed by atoms with Gasteiger partial charge in [-0.1, -0.05) is 23.2 Å². The van der Waals surface area contributed by atoms with Gasteiger partial charge in [-0.15, -0.1) is 0 Å². The van der Waals surface area contributed by atoms with Crippen molar-refractivity contribution in [2.75, 3.05) is 0 Å². The van der Waals surface area contributed by atoms with E-state index >= 15 is 0 Å². The molecule has 5 nitrogen and oxygen atoms in total. The Hall–Kier alpha value is -1.85. The number of aromatic nitrogens is 4. The summed E-state index contributed by atoms with van der Waals surface area (Å²) in [6, 6.07) is 4.77. The molecule has 2 aromatic heterocycles. The molecule has 0 aliphatic carbocycles. The van der Waals surface area contributed by atoms with Crippen molar-refractivity contribution in [1.29, 1.82) is 0 Å². The largest absolute Gasteiger partial charge is 0.493 e. The van der Waals surface area contributed by atoms with E-state index < -0.39 is 0 Å². The van der Waals surface area contributed by atoms with Gasteiger partial charge in [0.05, 0.1) is 21.2 Å². The van der Waals surface area contributed by atoms with Crippen LogP contribution in [0.3, 0.4) is 0 Å². The van der Waals surface area contributed by atoms with Gasteiger partial charge in [-0.2, -0.15) is 5.10 Å². The van der Waals surface area contributed by atoms with Gasteiger partial charge in [0.15, 0.2) is 0 Å². The Bertz CT molecular complexity index is 727. The number of benzene rings is 1. The second kappa shape index (κ2) is 4.12. The molecule has 0 aliphatic rings. The van der Waals surface area contributed by atoms with Crippen LogP contribution in [0.4, 0.5) is 0 Å². The molecule has 1 N–H and O–H groups in total. The minimum Gasteiger partial charge on any atom is -0.493 e. The molecular weight excluding hydrogens is 275 g/mol. The van der Waals surface area contributed by atoms with Crippen LogP contribution in [0, 0.1) is 0 Å². The number of hydrogen-bond donors (Lipinski definition) is 1. The Balaban J connectivity index is 2.40. The Morgan fingerprint density at radius 3 is 2.61 bits per heavy atom. The van der Waals surface area contributed by atoms with Gasteiger partial charge in [-0.05, 0) is 12.1 Å². The summed E-state index contributed by atoms with van der Waals surface area (Å²) in [5, 5.41) is 15.2. The number of fused-ring (bicyclic) bond motifs is 1. The van der Waals surface area contributed by atoms with Crippen LogP contribution < -0.4 is 0 Å². The Morgan fingerprint density at radius 1 is 1.11 bits per heavy atom. The number of aromatic hydroxyl groups is 1. The first-order chi connectivity index (χ1) is 8.65. The molecule has 90 valence electrons. The highest BCUT2D eigenvalue weighted by atomic mass is 35.5. The monoisotopic (exact) mass is 280 g/mol. The lowest BCUT2D eigenvalue weighted by molar-refractivity contribution is 0.455. The molecule has 0 aliphatic heterocycles. The SMILES string of the molecule is Oc1cc(-n2cncn2)c2cc(Cl)c(Cl)cc2n1. The van der Waals surface area contributed by atoms with Crippen LogP contribution in [0.25, 0.3) is 16.6 Å². The highest BCUT2D eigenvalue weighted by Crippen LogP contribution is 2.31. The molecule has 0 amide bonds. The zero-order valence-electron chi connectivity index (χ0n) is 8.88. The minimum absolute atomic E-state index is 0.119. The quantitative estimate of drug-likeness (QED) is 0.745. The van der Waals surface area contributed by atoms with E-state index in [0.717, 1.165) is 5.39 Å². The topological polar surface area (TPSA) is 63.8 Å². The van der Waals surface area contributed by atoms with Gasteiger partial charge < -0.3 is 5.11 Å². The van der Waals surface area contributed by atoms with Crippen LogP contribution in [-0.4, -0.2) is 24.9 Å². The summed E-state index contributed by atoms with van der Waals surface area (Å²) in [5.74, 6) is -0.119. The third-order valence-electron chi connectivity index (χ3n) is 2.48. The number of rotatable bonds is 1. The summed E-state index contributed by atoms with van der Waals surface area (Å²) in [5.41, 5.74) is 1.17. The molecule has 0 radical (unpaired) electrons. The Morgan fingerprint density at radius 2 is 1.89 bits per heavy atom. The summed E-state index contributed by atoms with van der Waals surface area (Å²) in [6.45, 7) is 0. The molecule has 3 aromatic rings. The summed E-state index contributed by atoms with van der Waals surface area (Å²) < 4.78 is 1.52. The van der Waals surface area contributed by atoms with E-state index in [-0.39, 0.29) is 5.88 Å². The lowest BCUT2D eigenvalue weighted by Gasteiger charge is -2.07. The van der Waals surface area contributed by atoms with Crippen LogP contribution in [0.1, 0.15) is 0 Å². The van der Waals surface area contributed by atoms with E-state index in [9.17, 15) is 5.11 Å². The number of halogens is 2. The molecule has 7 heteroatoms. The van der Waals surface area contributed by atoms with Crippen molar-refractivity contribution in [3.8, 4) is 11.6 Å². The van der Waals surface area contributed by atoms with Crippen molar-refractivity contribution >= 4 is 34.1 Å². The number of hydrogen-bond acceptors (Lipinski definition) is 4. The first-order valence-corrected chi connectivity index (χ1v) is 5.74. The standard InChI is InChI=1S/C11H6Cl2N4O/c12-7-1-6-9(2-8(7)13)16-11(18)3-10(6)17-5-14-4-15-17/h1-5H,(H,16,18). The first-order valence-electron chi connectivity index (χ1n) is 4.99. The van der Waals surface area contributed by atoms with Crippen molar-refractivity contribution < 1.29 is 5.11 Å². The van der Waals surface area contributed by atoms with Crippen LogP contribution in [0.5, 0.6) is 5.88 Å². The number of pyridine rings is 1. The van der Waals surface area contributed by atoms with E-state index in [1.165, 1.54) is 23.4 Å². The lowest BCUT2D eigenvalue weighted by atomic mass is 10.2. The number of nitrogens with zero attached hydrogens (tertiary/aromatic N) is 4. The summed E-state index contributed by atoms with van der Waals surface area (Å²) in [6.07, 6.45) is 2.93. The predicted octanol–water partition coefficient (Wildman–Crippen LogP) is 2.83. The lowest BCUT2D eigenvalue weighted by Crippen LogP contribution is -1.97. The van der Waals surface area contributed by atoms with Crippen molar-refractivity contribution in [3.05, 3.63) is 40.9 Å². The molecule has 0 atom stereocenters. The molecule has 0 unspecified atom stereocenters. The van der Waals surface area contributed by atoms with E-state index in [0.29, 0.717) is 21.2 Å². The molecule has 0 bridgehead atoms. The van der Waals surface area contributed by atoms with Gasteiger partial charge in [0.2, 0.25) is 5.88 Å². The van der Waals surface area contributed by atoms with E-state index in [4.69, 9.17) is 23.2 Å². The van der Waals surface area contributed by atoms with Crippen molar-refractivity contribution in [2.24, 2.45) is 0 Å². The summed E-state index contributed by atoms with van der Waals surface area (Å²) in [4.78, 5) is 7.86. The average molecular weight is 281 g/mol. The van der Waals surface area contributed by atoms with E-state index in [1.807, 2.05) is 0 Å². The van der Waals surface area contributed by atoms with Crippen LogP contribution in [-0.2, 0) is 0 Å². The average Bonchev–Trinajstić information content (AvgIpc) is 2.84. The highest BCUT2D eigenvalue weighted by molar-refractivity contribution is 6.42. The summed E-state index contributed by atoms with van der Waals surface area (Å²) >= 11 is 11.9. The maximum atomic E-state index is 9.62.